The fourth-order valence-electron chi connectivity index (χ4n) is 1.05. The molecule has 0 aliphatic heterocycles. The van der Waals surface area contributed by atoms with Gasteiger partial charge in [0.25, 0.3) is 0 Å². The van der Waals surface area contributed by atoms with Gasteiger partial charge in [0.2, 0.25) is 5.13 Å². The van der Waals surface area contributed by atoms with Gasteiger partial charge in [-0.2, -0.15) is 4.39 Å². The molecule has 2 aromatic rings. The van der Waals surface area contributed by atoms with Crippen LogP contribution >= 0.6 is 11.3 Å². The van der Waals surface area contributed by atoms with E-state index in [1.54, 1.807) is 0 Å². The Labute approximate surface area is 70.9 Å². The summed E-state index contributed by atoms with van der Waals surface area (Å²) in [6.45, 7) is 0. The SMILES string of the molecule is Oc1cccc2c(F)c(F)sc12. The molecule has 0 spiro atoms. The Morgan fingerprint density at radius 1 is 1.25 bits per heavy atom. The van der Waals surface area contributed by atoms with Crippen molar-refractivity contribution in [1.82, 2.24) is 0 Å². The van der Waals surface area contributed by atoms with Crippen molar-refractivity contribution in [3.05, 3.63) is 29.1 Å². The van der Waals surface area contributed by atoms with E-state index >= 15 is 0 Å². The zero-order chi connectivity index (χ0) is 8.72. The van der Waals surface area contributed by atoms with Crippen molar-refractivity contribution in [3.8, 4) is 5.75 Å². The van der Waals surface area contributed by atoms with Crippen molar-refractivity contribution in [2.75, 3.05) is 0 Å². The fraction of sp³-hybridized carbons (Fsp3) is 0. The molecule has 62 valence electrons. The second-order valence-corrected chi connectivity index (χ2v) is 3.31. The summed E-state index contributed by atoms with van der Waals surface area (Å²) in [5, 5.41) is 8.44. The maximum Gasteiger partial charge on any atom is 0.213 e. The molecule has 1 aromatic heterocycles. The minimum Gasteiger partial charge on any atom is -0.506 e. The first-order valence-electron chi connectivity index (χ1n) is 3.25. The van der Waals surface area contributed by atoms with E-state index in [-0.39, 0.29) is 15.8 Å². The smallest absolute Gasteiger partial charge is 0.213 e. The van der Waals surface area contributed by atoms with E-state index < -0.39 is 10.9 Å². The van der Waals surface area contributed by atoms with Gasteiger partial charge in [0, 0.05) is 5.39 Å². The summed E-state index contributed by atoms with van der Waals surface area (Å²) in [7, 11) is 0. The van der Waals surface area contributed by atoms with Crippen molar-refractivity contribution >= 4 is 21.4 Å². The van der Waals surface area contributed by atoms with Crippen LogP contribution in [0.1, 0.15) is 0 Å². The molecule has 0 saturated heterocycles. The van der Waals surface area contributed by atoms with Gasteiger partial charge in [0.05, 0.1) is 4.70 Å². The van der Waals surface area contributed by atoms with Crippen LogP contribution in [0.25, 0.3) is 10.1 Å². The van der Waals surface area contributed by atoms with E-state index in [9.17, 15) is 13.9 Å². The van der Waals surface area contributed by atoms with Crippen molar-refractivity contribution < 1.29 is 13.9 Å². The van der Waals surface area contributed by atoms with E-state index in [2.05, 4.69) is 0 Å². The van der Waals surface area contributed by atoms with E-state index in [4.69, 9.17) is 0 Å². The summed E-state index contributed by atoms with van der Waals surface area (Å²) in [6.07, 6.45) is 0. The molecule has 0 unspecified atom stereocenters. The first kappa shape index (κ1) is 7.49. The zero-order valence-corrected chi connectivity index (χ0v) is 6.66. The Kier molecular flexibility index (Phi) is 1.51. The van der Waals surface area contributed by atoms with Gasteiger partial charge in [0.15, 0.2) is 5.82 Å². The predicted octanol–water partition coefficient (Wildman–Crippen LogP) is 2.89. The lowest BCUT2D eigenvalue weighted by Crippen LogP contribution is -1.71. The van der Waals surface area contributed by atoms with Crippen LogP contribution in [-0.2, 0) is 0 Å². The maximum atomic E-state index is 12.9. The van der Waals surface area contributed by atoms with Crippen LogP contribution in [0.5, 0.6) is 5.75 Å². The van der Waals surface area contributed by atoms with Gasteiger partial charge in [-0.3, -0.25) is 0 Å². The summed E-state index contributed by atoms with van der Waals surface area (Å²) < 4.78 is 25.8. The Morgan fingerprint density at radius 3 is 2.67 bits per heavy atom. The number of hydrogen-bond acceptors (Lipinski definition) is 2. The summed E-state index contributed by atoms with van der Waals surface area (Å²) in [5.74, 6) is -0.966. The van der Waals surface area contributed by atoms with E-state index in [1.807, 2.05) is 0 Å². The minimum atomic E-state index is -0.883. The monoisotopic (exact) mass is 186 g/mol. The predicted molar refractivity (Wildman–Crippen MR) is 43.4 cm³/mol. The molecular formula is C8H4F2OS. The van der Waals surface area contributed by atoms with Crippen LogP contribution in [0, 0.1) is 10.9 Å². The number of rotatable bonds is 0. The van der Waals surface area contributed by atoms with Gasteiger partial charge in [-0.05, 0) is 6.07 Å². The number of phenolic OH excluding ortho intramolecular Hbond substituents is 1. The highest BCUT2D eigenvalue weighted by atomic mass is 32.1. The Bertz CT molecular complexity index is 436. The molecule has 1 heterocycles. The summed E-state index contributed by atoms with van der Waals surface area (Å²) >= 11 is 0.614. The minimum absolute atomic E-state index is 0.0831. The molecule has 0 aliphatic carbocycles. The first-order chi connectivity index (χ1) is 5.70. The lowest BCUT2D eigenvalue weighted by Gasteiger charge is -1.90. The van der Waals surface area contributed by atoms with Crippen LogP contribution in [-0.4, -0.2) is 5.11 Å². The number of thiophene rings is 1. The number of fused-ring (bicyclic) bond motifs is 1. The molecule has 1 N–H and O–H groups in total. The molecule has 1 aromatic carbocycles. The van der Waals surface area contributed by atoms with Crippen molar-refractivity contribution in [2.45, 2.75) is 0 Å². The number of benzene rings is 1. The molecule has 0 amide bonds. The number of phenols is 1. The lowest BCUT2D eigenvalue weighted by molar-refractivity contribution is 0.482. The molecule has 0 radical (unpaired) electrons. The van der Waals surface area contributed by atoms with E-state index in [0.29, 0.717) is 11.3 Å². The average molecular weight is 186 g/mol. The second-order valence-electron chi connectivity index (χ2n) is 2.34. The third-order valence-electron chi connectivity index (χ3n) is 1.59. The first-order valence-corrected chi connectivity index (χ1v) is 4.07. The number of hydrogen-bond donors (Lipinski definition) is 1. The van der Waals surface area contributed by atoms with Crippen molar-refractivity contribution in [2.24, 2.45) is 0 Å². The third-order valence-corrected chi connectivity index (χ3v) is 2.59. The molecule has 0 saturated carbocycles. The summed E-state index contributed by atoms with van der Waals surface area (Å²) in [5.41, 5.74) is 0. The topological polar surface area (TPSA) is 20.2 Å². The molecule has 2 rings (SSSR count). The second kappa shape index (κ2) is 2.42. The third kappa shape index (κ3) is 0.881. The van der Waals surface area contributed by atoms with Gasteiger partial charge in [0.1, 0.15) is 5.75 Å². The molecule has 12 heavy (non-hydrogen) atoms. The van der Waals surface area contributed by atoms with Crippen molar-refractivity contribution in [1.29, 1.82) is 0 Å². The quantitative estimate of drug-likeness (QED) is 0.670. The van der Waals surface area contributed by atoms with E-state index in [0.717, 1.165) is 0 Å². The Morgan fingerprint density at radius 2 is 2.00 bits per heavy atom. The highest BCUT2D eigenvalue weighted by Crippen LogP contribution is 2.34. The van der Waals surface area contributed by atoms with Crippen molar-refractivity contribution in [3.63, 3.8) is 0 Å². The standard InChI is InChI=1S/C8H4F2OS/c9-6-4-2-1-3-5(11)7(4)12-8(6)10/h1-3,11H. The lowest BCUT2D eigenvalue weighted by atomic mass is 10.2. The highest BCUT2D eigenvalue weighted by Gasteiger charge is 2.13. The van der Waals surface area contributed by atoms with E-state index in [1.165, 1.54) is 18.2 Å². The number of halogens is 2. The molecule has 0 fully saturated rings. The summed E-state index contributed by atoms with van der Waals surface area (Å²) in [4.78, 5) is 0. The van der Waals surface area contributed by atoms with Crippen LogP contribution in [0.3, 0.4) is 0 Å². The molecule has 0 bridgehead atoms. The molecule has 1 nitrogen and oxygen atoms in total. The van der Waals surface area contributed by atoms with Crippen LogP contribution in [0.15, 0.2) is 18.2 Å². The highest BCUT2D eigenvalue weighted by molar-refractivity contribution is 7.17. The van der Waals surface area contributed by atoms with Gasteiger partial charge < -0.3 is 5.11 Å². The van der Waals surface area contributed by atoms with Crippen LogP contribution in [0.2, 0.25) is 0 Å². The van der Waals surface area contributed by atoms with Gasteiger partial charge in [-0.15, -0.1) is 0 Å². The largest absolute Gasteiger partial charge is 0.506 e. The molecule has 4 heteroatoms. The average Bonchev–Trinajstić information content (AvgIpc) is 2.32. The van der Waals surface area contributed by atoms with Gasteiger partial charge >= 0.3 is 0 Å². The molecule has 0 aliphatic rings. The maximum absolute atomic E-state index is 12.9. The normalized spacial score (nSPS) is 10.8. The van der Waals surface area contributed by atoms with Crippen LogP contribution in [0.4, 0.5) is 8.78 Å². The fourth-order valence-corrected chi connectivity index (χ4v) is 1.86. The summed E-state index contributed by atoms with van der Waals surface area (Å²) in [6, 6.07) is 4.31. The number of aromatic hydroxyl groups is 1. The Balaban J connectivity index is 2.95. The molecular weight excluding hydrogens is 182 g/mol. The van der Waals surface area contributed by atoms with Gasteiger partial charge in [-0.1, -0.05) is 23.5 Å². The van der Waals surface area contributed by atoms with Gasteiger partial charge in [-0.25, -0.2) is 4.39 Å². The molecule has 0 atom stereocenters. The Hall–Kier alpha value is -1.16. The zero-order valence-electron chi connectivity index (χ0n) is 5.84. The van der Waals surface area contributed by atoms with Crippen LogP contribution < -0.4 is 0 Å².